The van der Waals surface area contributed by atoms with Gasteiger partial charge in [-0.1, -0.05) is 0 Å². The molecule has 5 heterocycles. The summed E-state index contributed by atoms with van der Waals surface area (Å²) in [6.45, 7) is 3.41. The van der Waals surface area contributed by atoms with Crippen LogP contribution in [0.15, 0.2) is 12.3 Å². The summed E-state index contributed by atoms with van der Waals surface area (Å²) in [5, 5.41) is 24.7. The van der Waals surface area contributed by atoms with Crippen LogP contribution in [-0.2, 0) is 22.3 Å². The van der Waals surface area contributed by atoms with Gasteiger partial charge in [0.15, 0.2) is 5.82 Å². The maximum atomic E-state index is 13.4. The van der Waals surface area contributed by atoms with Crippen LogP contribution in [0.4, 0.5) is 13.2 Å². The summed E-state index contributed by atoms with van der Waals surface area (Å²) in [4.78, 5) is 3.97. The molecule has 1 aliphatic carbocycles. The Morgan fingerprint density at radius 2 is 1.93 bits per heavy atom. The molecule has 164 valence electrons. The number of hydrogen-bond acceptors (Lipinski definition) is 5. The van der Waals surface area contributed by atoms with Crippen LogP contribution in [-0.4, -0.2) is 54.5 Å². The molecule has 2 saturated heterocycles. The molecule has 30 heavy (non-hydrogen) atoms. The zero-order valence-corrected chi connectivity index (χ0v) is 16.9. The van der Waals surface area contributed by atoms with Crippen LogP contribution in [0.1, 0.15) is 57.1 Å². The number of hydrogen-bond donors (Lipinski definition) is 2. The molecule has 3 aliphatic heterocycles. The SMILES string of the molecule is C[C@H]1Cn2nc(C34CCC(CO)(CC3)OC4)cc2-c2cnc([C@](C)(O)C(F)(F)F)n21. The first-order valence-corrected chi connectivity index (χ1v) is 10.2. The quantitative estimate of drug-likeness (QED) is 0.788. The van der Waals surface area contributed by atoms with Gasteiger partial charge in [-0.05, 0) is 45.6 Å². The molecule has 0 radical (unpaired) electrons. The first-order valence-electron chi connectivity index (χ1n) is 10.2. The number of fused-ring (bicyclic) bond motifs is 6. The third-order valence-electron chi connectivity index (χ3n) is 7.31. The van der Waals surface area contributed by atoms with Crippen molar-refractivity contribution in [3.8, 4) is 11.4 Å². The summed E-state index contributed by atoms with van der Waals surface area (Å²) in [5.41, 5.74) is -1.64. The Morgan fingerprint density at radius 3 is 2.50 bits per heavy atom. The van der Waals surface area contributed by atoms with Crippen molar-refractivity contribution >= 4 is 0 Å². The number of aliphatic hydroxyl groups is 2. The Bertz CT molecular complexity index is 970. The van der Waals surface area contributed by atoms with Crippen molar-refractivity contribution in [1.29, 1.82) is 0 Å². The van der Waals surface area contributed by atoms with Gasteiger partial charge < -0.3 is 19.5 Å². The molecule has 1 saturated carbocycles. The van der Waals surface area contributed by atoms with Crippen LogP contribution >= 0.6 is 0 Å². The molecule has 2 aromatic heterocycles. The molecule has 7 nitrogen and oxygen atoms in total. The fourth-order valence-electron chi connectivity index (χ4n) is 5.13. The summed E-state index contributed by atoms with van der Waals surface area (Å²) in [6, 6.07) is 1.58. The van der Waals surface area contributed by atoms with E-state index in [9.17, 15) is 23.4 Å². The largest absolute Gasteiger partial charge is 0.424 e. The van der Waals surface area contributed by atoms with E-state index in [0.717, 1.165) is 38.3 Å². The molecular weight excluding hydrogens is 401 g/mol. The average Bonchev–Trinajstić information content (AvgIpc) is 3.34. The van der Waals surface area contributed by atoms with E-state index in [4.69, 9.17) is 9.84 Å². The zero-order chi connectivity index (χ0) is 21.5. The van der Waals surface area contributed by atoms with Crippen LogP contribution in [0.25, 0.3) is 11.4 Å². The van der Waals surface area contributed by atoms with E-state index >= 15 is 0 Å². The van der Waals surface area contributed by atoms with Crippen molar-refractivity contribution < 1.29 is 28.1 Å². The van der Waals surface area contributed by atoms with Crippen molar-refractivity contribution in [2.45, 2.75) is 74.9 Å². The van der Waals surface area contributed by atoms with Gasteiger partial charge in [0.2, 0.25) is 5.60 Å². The first kappa shape index (κ1) is 20.0. The third-order valence-corrected chi connectivity index (χ3v) is 7.31. The second-order valence-electron chi connectivity index (χ2n) is 9.26. The molecular formula is C20H25F3N4O3. The lowest BCUT2D eigenvalue weighted by molar-refractivity contribution is -0.262. The van der Waals surface area contributed by atoms with Gasteiger partial charge in [-0.25, -0.2) is 4.98 Å². The lowest BCUT2D eigenvalue weighted by Gasteiger charge is -2.51. The van der Waals surface area contributed by atoms with E-state index in [0.29, 0.717) is 24.5 Å². The van der Waals surface area contributed by atoms with E-state index in [1.54, 1.807) is 6.92 Å². The molecule has 4 aliphatic rings. The van der Waals surface area contributed by atoms with Crippen LogP contribution in [0.3, 0.4) is 0 Å². The number of aromatic nitrogens is 4. The fraction of sp³-hybridized carbons (Fsp3) is 0.700. The highest BCUT2D eigenvalue weighted by molar-refractivity contribution is 5.58. The number of rotatable bonds is 3. The average molecular weight is 426 g/mol. The maximum absolute atomic E-state index is 13.4. The first-order chi connectivity index (χ1) is 14.0. The molecule has 2 atom stereocenters. The highest BCUT2D eigenvalue weighted by Crippen LogP contribution is 2.51. The van der Waals surface area contributed by atoms with Gasteiger partial charge in [-0.2, -0.15) is 18.3 Å². The smallest absolute Gasteiger partial charge is 0.393 e. The van der Waals surface area contributed by atoms with Gasteiger partial charge in [0.1, 0.15) is 0 Å². The lowest BCUT2D eigenvalue weighted by Crippen LogP contribution is -2.55. The standard InChI is InChI=1S/C20H25F3N4O3/c1-12-9-26-13(14-8-24-16(27(12)14)17(2,29)20(21,22)23)7-15(25-26)18-3-5-19(10-28,6-4-18)30-11-18/h7-8,12,28-29H,3-6,9-11H2,1-2H3/t12-,17-,18?,19?/m0/s1. The number of ether oxygens (including phenoxy) is 1. The van der Waals surface area contributed by atoms with E-state index in [-0.39, 0.29) is 18.1 Å². The van der Waals surface area contributed by atoms with Crippen molar-refractivity contribution in [3.05, 3.63) is 23.8 Å². The number of halogens is 3. The molecule has 0 unspecified atom stereocenters. The molecule has 0 amide bonds. The number of aliphatic hydroxyl groups excluding tert-OH is 1. The van der Waals surface area contributed by atoms with E-state index in [2.05, 4.69) is 4.98 Å². The molecule has 2 bridgehead atoms. The molecule has 2 N–H and O–H groups in total. The van der Waals surface area contributed by atoms with Crippen molar-refractivity contribution in [2.24, 2.45) is 0 Å². The molecule has 2 aromatic rings. The number of nitrogens with zero attached hydrogens (tertiary/aromatic N) is 4. The molecule has 6 rings (SSSR count). The lowest BCUT2D eigenvalue weighted by atomic mass is 9.64. The second-order valence-corrected chi connectivity index (χ2v) is 9.26. The molecule has 3 fully saturated rings. The predicted molar refractivity (Wildman–Crippen MR) is 99.7 cm³/mol. The Hall–Kier alpha value is -1.91. The van der Waals surface area contributed by atoms with Gasteiger partial charge in [-0.3, -0.25) is 4.68 Å². The Morgan fingerprint density at radius 1 is 1.23 bits per heavy atom. The van der Waals surface area contributed by atoms with E-state index < -0.39 is 23.2 Å². The summed E-state index contributed by atoms with van der Waals surface area (Å²) < 4.78 is 49.6. The van der Waals surface area contributed by atoms with Crippen LogP contribution in [0.2, 0.25) is 0 Å². The summed E-state index contributed by atoms with van der Waals surface area (Å²) in [5.74, 6) is -0.406. The fourth-order valence-corrected chi connectivity index (χ4v) is 5.13. The zero-order valence-electron chi connectivity index (χ0n) is 16.9. The summed E-state index contributed by atoms with van der Waals surface area (Å²) in [6.07, 6.45) is -0.219. The topological polar surface area (TPSA) is 85.3 Å². The maximum Gasteiger partial charge on any atom is 0.424 e. The summed E-state index contributed by atoms with van der Waals surface area (Å²) >= 11 is 0. The summed E-state index contributed by atoms with van der Waals surface area (Å²) in [7, 11) is 0. The van der Waals surface area contributed by atoms with Gasteiger partial charge in [0.05, 0.1) is 54.7 Å². The highest BCUT2D eigenvalue weighted by atomic mass is 19.4. The van der Waals surface area contributed by atoms with Crippen LogP contribution < -0.4 is 0 Å². The van der Waals surface area contributed by atoms with Crippen LogP contribution in [0.5, 0.6) is 0 Å². The van der Waals surface area contributed by atoms with Crippen molar-refractivity contribution in [1.82, 2.24) is 19.3 Å². The van der Waals surface area contributed by atoms with Gasteiger partial charge in [-0.15, -0.1) is 0 Å². The van der Waals surface area contributed by atoms with Crippen molar-refractivity contribution in [3.63, 3.8) is 0 Å². The number of alkyl halides is 3. The number of imidazole rings is 1. The van der Waals surface area contributed by atoms with Gasteiger partial charge in [0, 0.05) is 5.41 Å². The minimum Gasteiger partial charge on any atom is -0.393 e. The van der Waals surface area contributed by atoms with E-state index in [1.807, 2.05) is 10.7 Å². The Kier molecular flexibility index (Phi) is 4.05. The van der Waals surface area contributed by atoms with Gasteiger partial charge >= 0.3 is 6.18 Å². The third kappa shape index (κ3) is 2.56. The Labute approximate surface area is 171 Å². The minimum absolute atomic E-state index is 0.0153. The van der Waals surface area contributed by atoms with Crippen LogP contribution in [0, 0.1) is 0 Å². The normalized spacial score (nSPS) is 32.6. The Balaban J connectivity index is 1.55. The van der Waals surface area contributed by atoms with Crippen molar-refractivity contribution in [2.75, 3.05) is 13.2 Å². The second kappa shape index (κ2) is 6.08. The monoisotopic (exact) mass is 426 g/mol. The molecule has 0 aromatic carbocycles. The molecule has 0 spiro atoms. The minimum atomic E-state index is -4.84. The predicted octanol–water partition coefficient (Wildman–Crippen LogP) is 2.66. The highest BCUT2D eigenvalue weighted by Gasteiger charge is 2.55. The van der Waals surface area contributed by atoms with Gasteiger partial charge in [0.25, 0.3) is 0 Å². The molecule has 10 heteroatoms. The van der Waals surface area contributed by atoms with E-state index in [1.165, 1.54) is 10.8 Å².